The van der Waals surface area contributed by atoms with Crippen molar-refractivity contribution in [1.29, 1.82) is 0 Å². The van der Waals surface area contributed by atoms with Gasteiger partial charge in [-0.25, -0.2) is 15.0 Å². The average Bonchev–Trinajstić information content (AvgIpc) is 2.62. The summed E-state index contributed by atoms with van der Waals surface area (Å²) in [5.74, 6) is 0. The molecular formula is C19H11Cl2N3. The molecule has 0 N–H and O–H groups in total. The van der Waals surface area contributed by atoms with Gasteiger partial charge in [0.25, 0.3) is 0 Å². The number of hydrogen-bond acceptors (Lipinski definition) is 3. The predicted molar refractivity (Wildman–Crippen MR) is 98.2 cm³/mol. The van der Waals surface area contributed by atoms with E-state index >= 15 is 0 Å². The molecule has 0 unspecified atom stereocenters. The molecule has 0 aliphatic rings. The molecule has 0 atom stereocenters. The Kier molecular flexibility index (Phi) is 3.89. The van der Waals surface area contributed by atoms with Crippen molar-refractivity contribution in [1.82, 2.24) is 15.0 Å². The number of hydrogen-bond donors (Lipinski definition) is 0. The summed E-state index contributed by atoms with van der Waals surface area (Å²) < 4.78 is 0. The van der Waals surface area contributed by atoms with Crippen molar-refractivity contribution in [2.24, 2.45) is 0 Å². The van der Waals surface area contributed by atoms with Crippen molar-refractivity contribution in [3.05, 3.63) is 76.9 Å². The van der Waals surface area contributed by atoms with Crippen molar-refractivity contribution in [3.8, 4) is 22.5 Å². The molecular weight excluding hydrogens is 341 g/mol. The third-order valence-corrected chi connectivity index (χ3v) is 4.18. The summed E-state index contributed by atoms with van der Waals surface area (Å²) in [6.45, 7) is 0. The van der Waals surface area contributed by atoms with Crippen molar-refractivity contribution in [2.45, 2.75) is 0 Å². The van der Waals surface area contributed by atoms with Crippen LogP contribution in [0.1, 0.15) is 0 Å². The maximum absolute atomic E-state index is 6.01. The monoisotopic (exact) mass is 351 g/mol. The van der Waals surface area contributed by atoms with Crippen LogP contribution in [0.25, 0.3) is 33.7 Å². The molecule has 0 saturated carbocycles. The van der Waals surface area contributed by atoms with E-state index in [2.05, 4.69) is 4.98 Å². The van der Waals surface area contributed by atoms with Gasteiger partial charge >= 0.3 is 0 Å². The van der Waals surface area contributed by atoms with E-state index in [0.29, 0.717) is 15.7 Å². The molecule has 24 heavy (non-hydrogen) atoms. The highest BCUT2D eigenvalue weighted by molar-refractivity contribution is 6.31. The van der Waals surface area contributed by atoms with Gasteiger partial charge in [0.1, 0.15) is 5.52 Å². The Morgan fingerprint density at radius 1 is 0.625 bits per heavy atom. The lowest BCUT2D eigenvalue weighted by Gasteiger charge is -2.10. The van der Waals surface area contributed by atoms with E-state index in [1.54, 1.807) is 6.20 Å². The van der Waals surface area contributed by atoms with Crippen LogP contribution in [0.5, 0.6) is 0 Å². The largest absolute Gasteiger partial charge is 0.242 e. The van der Waals surface area contributed by atoms with Gasteiger partial charge in [-0.05, 0) is 36.4 Å². The van der Waals surface area contributed by atoms with E-state index in [4.69, 9.17) is 33.2 Å². The number of pyridine rings is 1. The van der Waals surface area contributed by atoms with E-state index < -0.39 is 0 Å². The minimum absolute atomic E-state index is 0.611. The topological polar surface area (TPSA) is 38.7 Å². The van der Waals surface area contributed by atoms with Crippen molar-refractivity contribution in [3.63, 3.8) is 0 Å². The van der Waals surface area contributed by atoms with Gasteiger partial charge in [0.05, 0.1) is 11.4 Å². The van der Waals surface area contributed by atoms with Crippen molar-refractivity contribution in [2.75, 3.05) is 0 Å². The molecule has 5 heteroatoms. The molecule has 0 spiro atoms. The van der Waals surface area contributed by atoms with E-state index in [0.717, 1.165) is 28.0 Å². The second-order valence-corrected chi connectivity index (χ2v) is 6.15. The van der Waals surface area contributed by atoms with Gasteiger partial charge in [0.2, 0.25) is 0 Å². The number of rotatable bonds is 2. The predicted octanol–water partition coefficient (Wildman–Crippen LogP) is 5.67. The van der Waals surface area contributed by atoms with Gasteiger partial charge < -0.3 is 0 Å². The van der Waals surface area contributed by atoms with Crippen LogP contribution in [0.4, 0.5) is 0 Å². The van der Waals surface area contributed by atoms with Crippen LogP contribution in [-0.2, 0) is 0 Å². The lowest BCUT2D eigenvalue weighted by Crippen LogP contribution is -1.96. The van der Waals surface area contributed by atoms with E-state index in [-0.39, 0.29) is 0 Å². The van der Waals surface area contributed by atoms with Gasteiger partial charge in [0.15, 0.2) is 5.65 Å². The van der Waals surface area contributed by atoms with Crippen molar-refractivity contribution < 1.29 is 0 Å². The normalized spacial score (nSPS) is 10.9. The van der Waals surface area contributed by atoms with Gasteiger partial charge in [-0.2, -0.15) is 0 Å². The molecule has 0 fully saturated rings. The quantitative estimate of drug-likeness (QED) is 0.467. The molecule has 4 rings (SSSR count). The van der Waals surface area contributed by atoms with Crippen LogP contribution < -0.4 is 0 Å². The number of nitrogens with zero attached hydrogens (tertiary/aromatic N) is 3. The fourth-order valence-corrected chi connectivity index (χ4v) is 2.76. The third kappa shape index (κ3) is 2.84. The fraction of sp³-hybridized carbons (Fsp3) is 0. The highest BCUT2D eigenvalue weighted by Gasteiger charge is 2.13. The maximum Gasteiger partial charge on any atom is 0.178 e. The first-order chi connectivity index (χ1) is 11.7. The Morgan fingerprint density at radius 3 is 1.75 bits per heavy atom. The highest BCUT2D eigenvalue weighted by Crippen LogP contribution is 2.31. The smallest absolute Gasteiger partial charge is 0.178 e. The summed E-state index contributed by atoms with van der Waals surface area (Å²) >= 11 is 12.0. The summed E-state index contributed by atoms with van der Waals surface area (Å²) in [6.07, 6.45) is 1.71. The Hall–Kier alpha value is -2.49. The van der Waals surface area contributed by atoms with E-state index in [1.807, 2.05) is 60.7 Å². The van der Waals surface area contributed by atoms with Gasteiger partial charge in [0, 0.05) is 27.4 Å². The molecule has 0 amide bonds. The Bertz CT molecular complexity index is 929. The van der Waals surface area contributed by atoms with E-state index in [1.165, 1.54) is 0 Å². The molecule has 2 aromatic heterocycles. The van der Waals surface area contributed by atoms with Crippen LogP contribution in [0.3, 0.4) is 0 Å². The van der Waals surface area contributed by atoms with Crippen LogP contribution in [-0.4, -0.2) is 15.0 Å². The second kappa shape index (κ2) is 6.19. The summed E-state index contributed by atoms with van der Waals surface area (Å²) in [5.41, 5.74) is 4.79. The van der Waals surface area contributed by atoms with Crippen LogP contribution in [0, 0.1) is 0 Å². The molecule has 0 aliphatic heterocycles. The Morgan fingerprint density at radius 2 is 1.17 bits per heavy atom. The van der Waals surface area contributed by atoms with Crippen LogP contribution in [0.2, 0.25) is 10.0 Å². The summed E-state index contributed by atoms with van der Waals surface area (Å²) in [7, 11) is 0. The fourth-order valence-electron chi connectivity index (χ4n) is 2.51. The third-order valence-electron chi connectivity index (χ3n) is 3.68. The number of benzene rings is 2. The zero-order valence-corrected chi connectivity index (χ0v) is 14.0. The van der Waals surface area contributed by atoms with Gasteiger partial charge in [-0.15, -0.1) is 0 Å². The summed E-state index contributed by atoms with van der Waals surface area (Å²) in [4.78, 5) is 13.8. The minimum atomic E-state index is 0.611. The van der Waals surface area contributed by atoms with Crippen LogP contribution in [0.15, 0.2) is 66.9 Å². The first-order valence-electron chi connectivity index (χ1n) is 7.35. The number of aromatic nitrogens is 3. The molecule has 3 nitrogen and oxygen atoms in total. The average molecular weight is 352 g/mol. The number of fused-ring (bicyclic) bond motifs is 1. The minimum Gasteiger partial charge on any atom is -0.242 e. The molecule has 4 aromatic rings. The zero-order valence-electron chi connectivity index (χ0n) is 12.4. The highest BCUT2D eigenvalue weighted by atomic mass is 35.5. The second-order valence-electron chi connectivity index (χ2n) is 5.28. The Balaban J connectivity index is 2.00. The first kappa shape index (κ1) is 15.1. The summed E-state index contributed by atoms with van der Waals surface area (Å²) in [5, 5.41) is 1.36. The van der Waals surface area contributed by atoms with Gasteiger partial charge in [-0.1, -0.05) is 47.5 Å². The molecule has 2 aromatic carbocycles. The Labute approximate surface area is 148 Å². The zero-order chi connectivity index (χ0) is 16.5. The molecule has 2 heterocycles. The molecule has 0 aliphatic carbocycles. The van der Waals surface area contributed by atoms with Crippen LogP contribution >= 0.6 is 23.2 Å². The SMILES string of the molecule is Clc1ccc(-c2nc3cccnc3nc2-c2ccc(Cl)cc2)cc1. The molecule has 116 valence electrons. The maximum atomic E-state index is 6.01. The molecule has 0 radical (unpaired) electrons. The lowest BCUT2D eigenvalue weighted by molar-refractivity contribution is 1.23. The van der Waals surface area contributed by atoms with Gasteiger partial charge in [-0.3, -0.25) is 0 Å². The first-order valence-corrected chi connectivity index (χ1v) is 8.11. The number of halogens is 2. The lowest BCUT2D eigenvalue weighted by atomic mass is 10.0. The standard InChI is InChI=1S/C19H11Cl2N3/c20-14-7-3-12(4-8-14)17-18(13-5-9-15(21)10-6-13)24-19-16(23-17)2-1-11-22-19/h1-11H. The van der Waals surface area contributed by atoms with E-state index in [9.17, 15) is 0 Å². The molecule has 0 saturated heterocycles. The molecule has 0 bridgehead atoms. The summed E-state index contributed by atoms with van der Waals surface area (Å²) in [6, 6.07) is 18.9. The van der Waals surface area contributed by atoms with Crippen molar-refractivity contribution >= 4 is 34.4 Å².